The van der Waals surface area contributed by atoms with Gasteiger partial charge in [0, 0.05) is 12.6 Å². The highest BCUT2D eigenvalue weighted by atomic mass is 16.6. The molecule has 9 heteroatoms. The molecule has 0 aliphatic heterocycles. The summed E-state index contributed by atoms with van der Waals surface area (Å²) >= 11 is 0. The summed E-state index contributed by atoms with van der Waals surface area (Å²) in [4.78, 5) is 22.4. The van der Waals surface area contributed by atoms with Gasteiger partial charge in [0.15, 0.2) is 0 Å². The van der Waals surface area contributed by atoms with E-state index < -0.39 is 4.92 Å². The number of methoxy groups -OCH3 is 1. The summed E-state index contributed by atoms with van der Waals surface area (Å²) in [6.07, 6.45) is 0. The molecular weight excluding hydrogens is 278 g/mol. The lowest BCUT2D eigenvalue weighted by molar-refractivity contribution is -0.386. The number of benzene rings is 1. The van der Waals surface area contributed by atoms with Crippen molar-refractivity contribution in [2.75, 3.05) is 19.5 Å². The van der Waals surface area contributed by atoms with Crippen LogP contribution in [0.25, 0.3) is 0 Å². The minimum atomic E-state index is -0.512. The molecule has 0 radical (unpaired) electrons. The summed E-state index contributed by atoms with van der Waals surface area (Å²) in [5, 5.41) is 13.8. The van der Waals surface area contributed by atoms with Gasteiger partial charge in [0.2, 0.25) is 11.7 Å². The van der Waals surface area contributed by atoms with Gasteiger partial charge in [-0.3, -0.25) is 10.1 Å². The Morgan fingerprint density at radius 1 is 1.24 bits per heavy atom. The molecule has 1 aromatic carbocycles. The quantitative estimate of drug-likeness (QED) is 0.656. The fraction of sp³-hybridized carbons (Fsp3) is 0.250. The highest BCUT2D eigenvalue weighted by Gasteiger charge is 2.20. The maximum absolute atomic E-state index is 11.1. The third-order valence-electron chi connectivity index (χ3n) is 2.59. The zero-order valence-electron chi connectivity index (χ0n) is 11.7. The first-order valence-electron chi connectivity index (χ1n) is 5.95. The van der Waals surface area contributed by atoms with E-state index in [9.17, 15) is 10.1 Å². The first kappa shape index (κ1) is 14.4. The second-order valence-corrected chi connectivity index (χ2v) is 3.96. The molecule has 0 atom stereocenters. The Bertz CT molecular complexity index is 654. The lowest BCUT2D eigenvalue weighted by Gasteiger charge is -2.08. The molecule has 1 N–H and O–H groups in total. The second-order valence-electron chi connectivity index (χ2n) is 3.96. The topological polar surface area (TPSA) is 112 Å². The fourth-order valence-electron chi connectivity index (χ4n) is 1.63. The summed E-state index contributed by atoms with van der Waals surface area (Å²) in [6.45, 7) is 1.62. The van der Waals surface area contributed by atoms with Gasteiger partial charge in [-0.05, 0) is 13.0 Å². The van der Waals surface area contributed by atoms with E-state index in [4.69, 9.17) is 9.47 Å². The smallest absolute Gasteiger partial charge is 0.330 e. The number of para-hydroxylation sites is 1. The van der Waals surface area contributed by atoms with E-state index in [1.54, 1.807) is 26.1 Å². The van der Waals surface area contributed by atoms with Crippen molar-refractivity contribution < 1.29 is 14.4 Å². The average molecular weight is 291 g/mol. The van der Waals surface area contributed by atoms with Gasteiger partial charge in [0.1, 0.15) is 0 Å². The van der Waals surface area contributed by atoms with Gasteiger partial charge in [-0.2, -0.15) is 9.97 Å². The van der Waals surface area contributed by atoms with E-state index in [2.05, 4.69) is 20.3 Å². The average Bonchev–Trinajstić information content (AvgIpc) is 2.46. The molecular formula is C12H13N5O4. The molecule has 0 saturated carbocycles. The number of nitrogens with zero attached hydrogens (tertiary/aromatic N) is 4. The molecule has 110 valence electrons. The van der Waals surface area contributed by atoms with Gasteiger partial charge in [-0.15, -0.1) is 4.98 Å². The number of hydrogen-bond acceptors (Lipinski definition) is 8. The Labute approximate surface area is 120 Å². The molecule has 0 spiro atoms. The highest BCUT2D eigenvalue weighted by Crippen LogP contribution is 2.33. The molecule has 1 aromatic heterocycles. The lowest BCUT2D eigenvalue weighted by atomic mass is 10.2. The summed E-state index contributed by atoms with van der Waals surface area (Å²) < 4.78 is 10.3. The summed E-state index contributed by atoms with van der Waals surface area (Å²) in [6, 6.07) is 4.69. The van der Waals surface area contributed by atoms with Crippen LogP contribution < -0.4 is 14.8 Å². The van der Waals surface area contributed by atoms with Crippen LogP contribution in [0.2, 0.25) is 0 Å². The van der Waals surface area contributed by atoms with Gasteiger partial charge in [-0.25, -0.2) is 0 Å². The molecule has 0 fully saturated rings. The number of rotatable bonds is 5. The Kier molecular flexibility index (Phi) is 4.12. The first-order valence-corrected chi connectivity index (χ1v) is 5.95. The maximum atomic E-state index is 11.1. The number of nitro benzene ring substituents is 1. The molecule has 0 aliphatic rings. The highest BCUT2D eigenvalue weighted by molar-refractivity contribution is 5.53. The van der Waals surface area contributed by atoms with E-state index in [-0.39, 0.29) is 29.4 Å². The van der Waals surface area contributed by atoms with E-state index in [0.717, 1.165) is 0 Å². The van der Waals surface area contributed by atoms with Crippen LogP contribution in [0.3, 0.4) is 0 Å². The predicted molar refractivity (Wildman–Crippen MR) is 73.8 cm³/mol. The van der Waals surface area contributed by atoms with Crippen LogP contribution in [-0.2, 0) is 0 Å². The van der Waals surface area contributed by atoms with Gasteiger partial charge in [-0.1, -0.05) is 12.1 Å². The normalized spacial score (nSPS) is 10.0. The Morgan fingerprint density at radius 3 is 2.57 bits per heavy atom. The summed E-state index contributed by atoms with van der Waals surface area (Å²) in [5.41, 5.74) is 0.343. The number of aryl methyl sites for hydroxylation is 1. The predicted octanol–water partition coefficient (Wildman–Crippen LogP) is 1.93. The Balaban J connectivity index is 2.43. The van der Waals surface area contributed by atoms with Crippen molar-refractivity contribution in [1.29, 1.82) is 0 Å². The lowest BCUT2D eigenvalue weighted by Crippen LogP contribution is -2.04. The largest absolute Gasteiger partial charge is 0.467 e. The molecule has 1 heterocycles. The van der Waals surface area contributed by atoms with Crippen LogP contribution in [-0.4, -0.2) is 34.0 Å². The number of nitrogens with one attached hydrogen (secondary N) is 1. The van der Waals surface area contributed by atoms with Gasteiger partial charge < -0.3 is 14.8 Å². The van der Waals surface area contributed by atoms with Crippen LogP contribution in [0.5, 0.6) is 17.8 Å². The fourth-order valence-corrected chi connectivity index (χ4v) is 1.63. The Hall–Kier alpha value is -2.97. The molecule has 0 unspecified atom stereocenters. The molecule has 9 nitrogen and oxygen atoms in total. The molecule has 2 rings (SSSR count). The molecule has 0 bridgehead atoms. The van der Waals surface area contributed by atoms with Crippen molar-refractivity contribution in [3.63, 3.8) is 0 Å². The second kappa shape index (κ2) is 5.99. The van der Waals surface area contributed by atoms with E-state index in [1.165, 1.54) is 13.2 Å². The summed E-state index contributed by atoms with van der Waals surface area (Å²) in [5.74, 6) is 0.280. The van der Waals surface area contributed by atoms with Crippen LogP contribution in [0.4, 0.5) is 11.6 Å². The minimum absolute atomic E-state index is 0.0413. The van der Waals surface area contributed by atoms with E-state index >= 15 is 0 Å². The SMILES string of the molecule is CNc1nc(OC)nc(Oc2cccc(C)c2[N+](=O)[O-])n1. The van der Waals surface area contributed by atoms with E-state index in [1.807, 2.05) is 0 Å². The van der Waals surface area contributed by atoms with Crippen LogP contribution in [0, 0.1) is 17.0 Å². The summed E-state index contributed by atoms with van der Waals surface area (Å²) in [7, 11) is 3.02. The number of nitro groups is 1. The third kappa shape index (κ3) is 3.14. The number of aromatic nitrogens is 3. The van der Waals surface area contributed by atoms with Crippen molar-refractivity contribution in [3.05, 3.63) is 33.9 Å². The van der Waals surface area contributed by atoms with Crippen molar-refractivity contribution >= 4 is 11.6 Å². The van der Waals surface area contributed by atoms with Crippen LogP contribution in [0.1, 0.15) is 5.56 Å². The molecule has 2 aromatic rings. The zero-order valence-corrected chi connectivity index (χ0v) is 11.7. The van der Waals surface area contributed by atoms with Crippen molar-refractivity contribution in [1.82, 2.24) is 15.0 Å². The molecule has 0 amide bonds. The molecule has 21 heavy (non-hydrogen) atoms. The van der Waals surface area contributed by atoms with Gasteiger partial charge in [0.25, 0.3) is 0 Å². The number of ether oxygens (including phenoxy) is 2. The van der Waals surface area contributed by atoms with Crippen molar-refractivity contribution in [3.8, 4) is 17.8 Å². The number of anilines is 1. The molecule has 0 aliphatic carbocycles. The first-order chi connectivity index (χ1) is 10.0. The van der Waals surface area contributed by atoms with Gasteiger partial charge >= 0.3 is 17.7 Å². The monoisotopic (exact) mass is 291 g/mol. The van der Waals surface area contributed by atoms with Crippen LogP contribution >= 0.6 is 0 Å². The zero-order chi connectivity index (χ0) is 15.4. The standard InChI is InChI=1S/C12H13N5O4/c1-7-5-4-6-8(9(7)17(18)19)21-12-15-10(13-2)14-11(16-12)20-3/h4-6H,1-3H3,(H,13,14,15,16). The van der Waals surface area contributed by atoms with E-state index in [0.29, 0.717) is 5.56 Å². The van der Waals surface area contributed by atoms with Crippen molar-refractivity contribution in [2.24, 2.45) is 0 Å². The van der Waals surface area contributed by atoms with Gasteiger partial charge in [0.05, 0.1) is 12.0 Å². The Morgan fingerprint density at radius 2 is 1.95 bits per heavy atom. The van der Waals surface area contributed by atoms with Crippen molar-refractivity contribution in [2.45, 2.75) is 6.92 Å². The number of hydrogen-bond donors (Lipinski definition) is 1. The van der Waals surface area contributed by atoms with Crippen LogP contribution in [0.15, 0.2) is 18.2 Å². The molecule has 0 saturated heterocycles. The maximum Gasteiger partial charge on any atom is 0.330 e. The third-order valence-corrected chi connectivity index (χ3v) is 2.59. The minimum Gasteiger partial charge on any atom is -0.467 e.